The molecule has 3 rings (SSSR count). The summed E-state index contributed by atoms with van der Waals surface area (Å²) in [5.41, 5.74) is 1.01. The maximum atomic E-state index is 12.3. The Labute approximate surface area is 126 Å². The highest BCUT2D eigenvalue weighted by Crippen LogP contribution is 2.25. The predicted molar refractivity (Wildman–Crippen MR) is 82.9 cm³/mol. The lowest BCUT2D eigenvalue weighted by molar-refractivity contribution is -0.132. The average Bonchev–Trinajstić information content (AvgIpc) is 3.08. The van der Waals surface area contributed by atoms with Gasteiger partial charge in [-0.05, 0) is 56.7 Å². The van der Waals surface area contributed by atoms with Gasteiger partial charge in [0, 0.05) is 37.4 Å². The number of hydrogen-bond donors (Lipinski definition) is 1. The van der Waals surface area contributed by atoms with Crippen LogP contribution in [0.3, 0.4) is 0 Å². The minimum Gasteiger partial charge on any atom is -0.343 e. The summed E-state index contributed by atoms with van der Waals surface area (Å²) in [7, 11) is 0. The summed E-state index contributed by atoms with van der Waals surface area (Å²) in [6.07, 6.45) is 8.08. The van der Waals surface area contributed by atoms with E-state index in [0.717, 1.165) is 44.0 Å². The molecule has 0 bridgehead atoms. The largest absolute Gasteiger partial charge is 0.343 e. The zero-order chi connectivity index (χ0) is 14.5. The lowest BCUT2D eigenvalue weighted by Crippen LogP contribution is -2.43. The zero-order valence-electron chi connectivity index (χ0n) is 12.6. The molecule has 1 N–H and O–H groups in total. The summed E-state index contributed by atoms with van der Waals surface area (Å²) >= 11 is 0. The van der Waals surface area contributed by atoms with E-state index in [1.165, 1.54) is 19.4 Å². The van der Waals surface area contributed by atoms with Crippen molar-refractivity contribution in [1.82, 2.24) is 15.2 Å². The van der Waals surface area contributed by atoms with Crippen molar-refractivity contribution < 1.29 is 4.79 Å². The van der Waals surface area contributed by atoms with Gasteiger partial charge in [0.05, 0.1) is 0 Å². The Hall–Kier alpha value is -1.42. The number of pyridine rings is 1. The quantitative estimate of drug-likeness (QED) is 0.921. The predicted octanol–water partition coefficient (Wildman–Crippen LogP) is 2.00. The van der Waals surface area contributed by atoms with Crippen LogP contribution < -0.4 is 5.32 Å². The molecule has 1 atom stereocenters. The van der Waals surface area contributed by atoms with Crippen molar-refractivity contribution in [1.29, 1.82) is 0 Å². The topological polar surface area (TPSA) is 45.2 Å². The highest BCUT2D eigenvalue weighted by atomic mass is 16.2. The Morgan fingerprint density at radius 3 is 2.81 bits per heavy atom. The van der Waals surface area contributed by atoms with Crippen molar-refractivity contribution >= 4 is 5.91 Å². The van der Waals surface area contributed by atoms with E-state index >= 15 is 0 Å². The van der Waals surface area contributed by atoms with Crippen molar-refractivity contribution in [3.63, 3.8) is 0 Å². The highest BCUT2D eigenvalue weighted by molar-refractivity contribution is 5.76. The number of amides is 1. The number of piperidine rings is 1. The number of aromatic nitrogens is 1. The number of hydrogen-bond acceptors (Lipinski definition) is 3. The number of likely N-dealkylation sites (tertiary alicyclic amines) is 1. The van der Waals surface area contributed by atoms with Gasteiger partial charge in [-0.15, -0.1) is 0 Å². The molecule has 2 saturated heterocycles. The molecule has 0 radical (unpaired) electrons. The second-order valence-electron chi connectivity index (χ2n) is 6.24. The average molecular weight is 287 g/mol. The van der Waals surface area contributed by atoms with Gasteiger partial charge in [-0.3, -0.25) is 9.78 Å². The van der Waals surface area contributed by atoms with Crippen LogP contribution >= 0.6 is 0 Å². The first kappa shape index (κ1) is 14.5. The maximum Gasteiger partial charge on any atom is 0.222 e. The molecule has 0 aliphatic carbocycles. The second-order valence-corrected chi connectivity index (χ2v) is 6.24. The first-order chi connectivity index (χ1) is 10.3. The molecule has 3 heterocycles. The molecular weight excluding hydrogens is 262 g/mol. The molecule has 2 aliphatic rings. The fourth-order valence-electron chi connectivity index (χ4n) is 3.60. The third-order valence-electron chi connectivity index (χ3n) is 4.88. The Balaban J connectivity index is 1.42. The molecule has 0 aromatic carbocycles. The fourth-order valence-corrected chi connectivity index (χ4v) is 3.60. The first-order valence-electron chi connectivity index (χ1n) is 8.24. The van der Waals surface area contributed by atoms with Gasteiger partial charge >= 0.3 is 0 Å². The van der Waals surface area contributed by atoms with Crippen LogP contribution in [0.25, 0.3) is 0 Å². The lowest BCUT2D eigenvalue weighted by Gasteiger charge is -2.35. The van der Waals surface area contributed by atoms with Crippen LogP contribution in [0.2, 0.25) is 0 Å². The van der Waals surface area contributed by atoms with Gasteiger partial charge in [0.25, 0.3) is 0 Å². The lowest BCUT2D eigenvalue weighted by atomic mass is 9.88. The zero-order valence-corrected chi connectivity index (χ0v) is 12.6. The molecule has 1 aromatic heterocycles. The van der Waals surface area contributed by atoms with E-state index in [-0.39, 0.29) is 0 Å². The summed E-state index contributed by atoms with van der Waals surface area (Å²) in [6, 6.07) is 6.58. The van der Waals surface area contributed by atoms with Crippen molar-refractivity contribution in [3.05, 3.63) is 30.1 Å². The van der Waals surface area contributed by atoms with E-state index in [1.54, 1.807) is 6.20 Å². The summed E-state index contributed by atoms with van der Waals surface area (Å²) < 4.78 is 0. The molecule has 1 aromatic rings. The minimum atomic E-state index is 0.290. The number of rotatable bonds is 4. The van der Waals surface area contributed by atoms with Gasteiger partial charge in [-0.25, -0.2) is 0 Å². The van der Waals surface area contributed by atoms with Gasteiger partial charge in [0.2, 0.25) is 5.91 Å². The van der Waals surface area contributed by atoms with Crippen LogP contribution in [0, 0.1) is 5.92 Å². The first-order valence-corrected chi connectivity index (χ1v) is 8.24. The van der Waals surface area contributed by atoms with Crippen LogP contribution in [0.5, 0.6) is 0 Å². The SMILES string of the molecule is O=C(CCc1ccccn1)N1CCC(C2CCCN2)CC1. The Morgan fingerprint density at radius 2 is 2.14 bits per heavy atom. The number of nitrogens with one attached hydrogen (secondary N) is 1. The molecule has 2 aliphatic heterocycles. The summed E-state index contributed by atoms with van der Waals surface area (Å²) in [6.45, 7) is 3.04. The van der Waals surface area contributed by atoms with Crippen molar-refractivity contribution in [2.45, 2.75) is 44.6 Å². The normalized spacial score (nSPS) is 23.4. The number of aryl methyl sites for hydroxylation is 1. The van der Waals surface area contributed by atoms with Gasteiger partial charge in [0.1, 0.15) is 0 Å². The fraction of sp³-hybridized carbons (Fsp3) is 0.647. The van der Waals surface area contributed by atoms with E-state index in [9.17, 15) is 4.79 Å². The molecule has 0 spiro atoms. The monoisotopic (exact) mass is 287 g/mol. The van der Waals surface area contributed by atoms with Crippen LogP contribution in [-0.2, 0) is 11.2 Å². The van der Waals surface area contributed by atoms with Crippen LogP contribution in [-0.4, -0.2) is 41.5 Å². The van der Waals surface area contributed by atoms with Crippen LogP contribution in [0.1, 0.15) is 37.8 Å². The number of carbonyl (C=O) groups excluding carboxylic acids is 1. The smallest absolute Gasteiger partial charge is 0.222 e. The number of carbonyl (C=O) groups is 1. The molecule has 21 heavy (non-hydrogen) atoms. The number of nitrogens with zero attached hydrogens (tertiary/aromatic N) is 2. The molecule has 4 heteroatoms. The van der Waals surface area contributed by atoms with E-state index in [2.05, 4.69) is 10.3 Å². The van der Waals surface area contributed by atoms with Crippen molar-refractivity contribution in [3.8, 4) is 0 Å². The standard InChI is InChI=1S/C17H25N3O/c21-17(7-6-15-4-1-2-10-18-15)20-12-8-14(9-13-20)16-5-3-11-19-16/h1-2,4,10,14,16,19H,3,5-9,11-13H2. The minimum absolute atomic E-state index is 0.290. The molecule has 114 valence electrons. The summed E-state index contributed by atoms with van der Waals surface area (Å²) in [5, 5.41) is 3.61. The van der Waals surface area contributed by atoms with Crippen LogP contribution in [0.4, 0.5) is 0 Å². The maximum absolute atomic E-state index is 12.3. The van der Waals surface area contributed by atoms with Gasteiger partial charge < -0.3 is 10.2 Å². The Kier molecular flexibility index (Phi) is 4.86. The molecular formula is C17H25N3O. The molecule has 0 saturated carbocycles. The van der Waals surface area contributed by atoms with E-state index in [0.29, 0.717) is 18.4 Å². The second kappa shape index (κ2) is 7.03. The summed E-state index contributed by atoms with van der Waals surface area (Å²) in [5.74, 6) is 1.06. The third kappa shape index (κ3) is 3.82. The molecule has 2 fully saturated rings. The Bertz CT molecular complexity index is 448. The van der Waals surface area contributed by atoms with E-state index in [1.807, 2.05) is 23.1 Å². The third-order valence-corrected chi connectivity index (χ3v) is 4.88. The Morgan fingerprint density at radius 1 is 1.29 bits per heavy atom. The summed E-state index contributed by atoms with van der Waals surface area (Å²) in [4.78, 5) is 18.6. The molecule has 1 amide bonds. The van der Waals surface area contributed by atoms with Crippen LogP contribution in [0.15, 0.2) is 24.4 Å². The van der Waals surface area contributed by atoms with E-state index < -0.39 is 0 Å². The van der Waals surface area contributed by atoms with Gasteiger partial charge in [-0.2, -0.15) is 0 Å². The van der Waals surface area contributed by atoms with Gasteiger partial charge in [-0.1, -0.05) is 6.07 Å². The van der Waals surface area contributed by atoms with Gasteiger partial charge in [0.15, 0.2) is 0 Å². The molecule has 1 unspecified atom stereocenters. The molecule has 4 nitrogen and oxygen atoms in total. The highest BCUT2D eigenvalue weighted by Gasteiger charge is 2.29. The van der Waals surface area contributed by atoms with E-state index in [4.69, 9.17) is 0 Å². The van der Waals surface area contributed by atoms with Crippen molar-refractivity contribution in [2.75, 3.05) is 19.6 Å². The van der Waals surface area contributed by atoms with Crippen molar-refractivity contribution in [2.24, 2.45) is 5.92 Å².